The number of hydrogen-bond donors (Lipinski definition) is 1. The summed E-state index contributed by atoms with van der Waals surface area (Å²) in [4.78, 5) is 0. The minimum atomic E-state index is 0.932. The molecule has 2 nitrogen and oxygen atoms in total. The number of nitrogens with zero attached hydrogens (tertiary/aromatic N) is 1. The van der Waals surface area contributed by atoms with Crippen LogP contribution in [0.2, 0.25) is 0 Å². The molecule has 2 heteroatoms. The van der Waals surface area contributed by atoms with Crippen LogP contribution in [-0.4, -0.2) is 6.54 Å². The Balaban J connectivity index is 2.09. The van der Waals surface area contributed by atoms with E-state index in [-0.39, 0.29) is 0 Å². The number of hydrazine groups is 1. The van der Waals surface area contributed by atoms with Gasteiger partial charge >= 0.3 is 0 Å². The second kappa shape index (κ2) is 8.82. The maximum atomic E-state index is 5.98. The molecule has 1 aromatic carbocycles. The molecular weight excluding hydrogens is 208 g/mol. The topological polar surface area (TPSA) is 29.3 Å². The van der Waals surface area contributed by atoms with Gasteiger partial charge in [-0.05, 0) is 37.8 Å². The fourth-order valence-corrected chi connectivity index (χ4v) is 1.75. The first-order valence-electron chi connectivity index (χ1n) is 6.57. The van der Waals surface area contributed by atoms with Crippen molar-refractivity contribution in [3.63, 3.8) is 0 Å². The first-order valence-corrected chi connectivity index (χ1v) is 6.57. The summed E-state index contributed by atoms with van der Waals surface area (Å²) in [6, 6.07) is 10.1. The van der Waals surface area contributed by atoms with Gasteiger partial charge in [0.2, 0.25) is 0 Å². The van der Waals surface area contributed by atoms with Gasteiger partial charge in [0.15, 0.2) is 0 Å². The largest absolute Gasteiger partial charge is 0.311 e. The number of allylic oxidation sites excluding steroid dienone is 2. The van der Waals surface area contributed by atoms with E-state index in [4.69, 9.17) is 5.84 Å². The summed E-state index contributed by atoms with van der Waals surface area (Å²) >= 11 is 0. The van der Waals surface area contributed by atoms with Crippen molar-refractivity contribution in [2.24, 2.45) is 5.84 Å². The molecular formula is C15H24N2. The van der Waals surface area contributed by atoms with E-state index < -0.39 is 0 Å². The van der Waals surface area contributed by atoms with Crippen LogP contribution in [0, 0.1) is 0 Å². The van der Waals surface area contributed by atoms with Gasteiger partial charge in [-0.1, -0.05) is 43.7 Å². The van der Waals surface area contributed by atoms with Crippen molar-refractivity contribution in [3.05, 3.63) is 42.5 Å². The van der Waals surface area contributed by atoms with Gasteiger partial charge in [-0.2, -0.15) is 0 Å². The average Bonchev–Trinajstić information content (AvgIpc) is 2.38. The van der Waals surface area contributed by atoms with E-state index in [9.17, 15) is 0 Å². The lowest BCUT2D eigenvalue weighted by atomic mass is 10.2. The Labute approximate surface area is 105 Å². The van der Waals surface area contributed by atoms with Crippen molar-refractivity contribution in [1.82, 2.24) is 0 Å². The second-order valence-electron chi connectivity index (χ2n) is 4.26. The van der Waals surface area contributed by atoms with E-state index in [0.717, 1.165) is 25.1 Å². The molecule has 2 N–H and O–H groups in total. The van der Waals surface area contributed by atoms with Crippen molar-refractivity contribution in [2.75, 3.05) is 11.6 Å². The van der Waals surface area contributed by atoms with Crippen LogP contribution in [0.5, 0.6) is 0 Å². The monoisotopic (exact) mass is 232 g/mol. The molecule has 1 rings (SSSR count). The highest BCUT2D eigenvalue weighted by atomic mass is 15.4. The summed E-state index contributed by atoms with van der Waals surface area (Å²) in [6.07, 6.45) is 10.5. The van der Waals surface area contributed by atoms with Gasteiger partial charge in [-0.25, -0.2) is 5.84 Å². The Morgan fingerprint density at radius 2 is 1.82 bits per heavy atom. The van der Waals surface area contributed by atoms with Crippen molar-refractivity contribution in [3.8, 4) is 0 Å². The van der Waals surface area contributed by atoms with Crippen LogP contribution in [0.4, 0.5) is 5.69 Å². The van der Waals surface area contributed by atoms with Crippen LogP contribution in [-0.2, 0) is 0 Å². The fraction of sp³-hybridized carbons (Fsp3) is 0.467. The molecule has 0 amide bonds. The maximum Gasteiger partial charge on any atom is 0.0517 e. The predicted molar refractivity (Wildman–Crippen MR) is 75.9 cm³/mol. The number of benzene rings is 1. The van der Waals surface area contributed by atoms with Crippen LogP contribution >= 0.6 is 0 Å². The SMILES string of the molecule is CC/C=C\CCCCCN(N)c1ccccc1. The van der Waals surface area contributed by atoms with Gasteiger partial charge in [0.05, 0.1) is 5.69 Å². The number of unbranched alkanes of at least 4 members (excludes halogenated alkanes) is 3. The molecule has 1 aromatic rings. The van der Waals surface area contributed by atoms with Gasteiger partial charge in [0, 0.05) is 6.54 Å². The number of nitrogens with two attached hydrogens (primary N) is 1. The summed E-state index contributed by atoms with van der Waals surface area (Å²) < 4.78 is 0. The van der Waals surface area contributed by atoms with Crippen molar-refractivity contribution >= 4 is 5.69 Å². The Bertz CT molecular complexity index is 306. The lowest BCUT2D eigenvalue weighted by Gasteiger charge is -2.18. The van der Waals surface area contributed by atoms with E-state index in [1.807, 2.05) is 35.3 Å². The predicted octanol–water partition coefficient (Wildman–Crippen LogP) is 3.89. The van der Waals surface area contributed by atoms with Crippen molar-refractivity contribution in [1.29, 1.82) is 0 Å². The molecule has 0 bridgehead atoms. The zero-order valence-corrected chi connectivity index (χ0v) is 10.8. The summed E-state index contributed by atoms with van der Waals surface area (Å²) in [7, 11) is 0. The highest BCUT2D eigenvalue weighted by Gasteiger charge is 1.98. The molecule has 0 unspecified atom stereocenters. The van der Waals surface area contributed by atoms with Crippen molar-refractivity contribution < 1.29 is 0 Å². The normalized spacial score (nSPS) is 10.9. The Hall–Kier alpha value is -1.28. The Morgan fingerprint density at radius 3 is 2.53 bits per heavy atom. The van der Waals surface area contributed by atoms with Gasteiger partial charge in [0.1, 0.15) is 0 Å². The zero-order valence-electron chi connectivity index (χ0n) is 10.8. The van der Waals surface area contributed by atoms with E-state index in [2.05, 4.69) is 19.1 Å². The highest BCUT2D eigenvalue weighted by Crippen LogP contribution is 2.10. The summed E-state index contributed by atoms with van der Waals surface area (Å²) in [5, 5.41) is 1.84. The molecule has 0 spiro atoms. The molecule has 0 aliphatic carbocycles. The molecule has 17 heavy (non-hydrogen) atoms. The molecule has 0 saturated carbocycles. The van der Waals surface area contributed by atoms with E-state index in [1.54, 1.807) is 0 Å². The number of anilines is 1. The van der Waals surface area contributed by atoms with E-state index >= 15 is 0 Å². The summed E-state index contributed by atoms with van der Waals surface area (Å²) in [5.74, 6) is 5.98. The molecule has 0 heterocycles. The highest BCUT2D eigenvalue weighted by molar-refractivity contribution is 5.43. The summed E-state index contributed by atoms with van der Waals surface area (Å²) in [6.45, 7) is 3.10. The third-order valence-electron chi connectivity index (χ3n) is 2.76. The molecule has 0 atom stereocenters. The number of para-hydroxylation sites is 1. The van der Waals surface area contributed by atoms with Crippen LogP contribution in [0.3, 0.4) is 0 Å². The standard InChI is InChI=1S/C15H24N2/c1-2-3-4-5-6-7-11-14-17(16)15-12-9-8-10-13-15/h3-4,8-10,12-13H,2,5-7,11,14,16H2,1H3/b4-3-. The Morgan fingerprint density at radius 1 is 1.06 bits per heavy atom. The zero-order chi connectivity index (χ0) is 12.3. The van der Waals surface area contributed by atoms with Crippen LogP contribution in [0.25, 0.3) is 0 Å². The quantitative estimate of drug-likeness (QED) is 0.319. The first-order chi connectivity index (χ1) is 8.34. The van der Waals surface area contributed by atoms with Crippen molar-refractivity contribution in [2.45, 2.75) is 39.0 Å². The van der Waals surface area contributed by atoms with Gasteiger partial charge in [0.25, 0.3) is 0 Å². The second-order valence-corrected chi connectivity index (χ2v) is 4.26. The minimum Gasteiger partial charge on any atom is -0.311 e. The smallest absolute Gasteiger partial charge is 0.0517 e. The Kier molecular flexibility index (Phi) is 7.15. The lowest BCUT2D eigenvalue weighted by molar-refractivity contribution is 0.665. The van der Waals surface area contributed by atoms with E-state index in [1.165, 1.54) is 19.3 Å². The molecule has 94 valence electrons. The van der Waals surface area contributed by atoms with Crippen LogP contribution < -0.4 is 10.9 Å². The molecule has 0 fully saturated rings. The third-order valence-corrected chi connectivity index (χ3v) is 2.76. The molecule has 0 aromatic heterocycles. The summed E-state index contributed by atoms with van der Waals surface area (Å²) in [5.41, 5.74) is 1.10. The van der Waals surface area contributed by atoms with Crippen LogP contribution in [0.15, 0.2) is 42.5 Å². The van der Waals surface area contributed by atoms with Crippen LogP contribution in [0.1, 0.15) is 39.0 Å². The van der Waals surface area contributed by atoms with Gasteiger partial charge in [-0.3, -0.25) is 0 Å². The molecule has 0 aliphatic heterocycles. The average molecular weight is 232 g/mol. The third kappa shape index (κ3) is 6.12. The number of hydrogen-bond acceptors (Lipinski definition) is 2. The maximum absolute atomic E-state index is 5.98. The lowest BCUT2D eigenvalue weighted by Crippen LogP contribution is -2.31. The van der Waals surface area contributed by atoms with E-state index in [0.29, 0.717) is 0 Å². The molecule has 0 aliphatic rings. The molecule has 0 saturated heterocycles. The fourth-order valence-electron chi connectivity index (χ4n) is 1.75. The first kappa shape index (κ1) is 13.8. The van der Waals surface area contributed by atoms with Gasteiger partial charge in [-0.15, -0.1) is 0 Å². The van der Waals surface area contributed by atoms with Gasteiger partial charge < -0.3 is 5.01 Å². The molecule has 0 radical (unpaired) electrons. The number of rotatable bonds is 8. The minimum absolute atomic E-state index is 0.932.